The molecule has 2 aromatic carbocycles. The average Bonchev–Trinajstić information content (AvgIpc) is 3.08. The van der Waals surface area contributed by atoms with E-state index in [-0.39, 0.29) is 21.3 Å². The highest BCUT2D eigenvalue weighted by molar-refractivity contribution is 9.10. The zero-order chi connectivity index (χ0) is 37.6. The number of phenolic OH excluding ortho intramolecular Hbond substituents is 2. The van der Waals surface area contributed by atoms with E-state index in [0.717, 1.165) is 26.4 Å². The lowest BCUT2D eigenvalue weighted by molar-refractivity contribution is -0.236. The number of phenols is 2. The monoisotopic (exact) mass is 775 g/mol. The van der Waals surface area contributed by atoms with Crippen molar-refractivity contribution >= 4 is 45.0 Å². The van der Waals surface area contributed by atoms with Gasteiger partial charge in [-0.3, -0.25) is 19.2 Å². The molecule has 0 radical (unpaired) electrons. The van der Waals surface area contributed by atoms with E-state index in [0.29, 0.717) is 0 Å². The van der Waals surface area contributed by atoms with Crippen molar-refractivity contribution in [2.24, 2.45) is 0 Å². The van der Waals surface area contributed by atoms with Crippen LogP contribution in [0.3, 0.4) is 0 Å². The number of rotatable bonds is 6. The molecule has 1 aliphatic heterocycles. The highest BCUT2D eigenvalue weighted by Crippen LogP contribution is 2.58. The summed E-state index contributed by atoms with van der Waals surface area (Å²) in [6.07, 6.45) is -6.66. The number of hydrogen-bond donors (Lipinski definition) is 6. The van der Waals surface area contributed by atoms with Gasteiger partial charge in [0.1, 0.15) is 35.4 Å². The molecule has 1 saturated heterocycles. The molecule has 272 valence electrons. The molecule has 0 unspecified atom stereocenters. The van der Waals surface area contributed by atoms with E-state index in [1.54, 1.807) is 6.92 Å². The number of carbonyl (C=O) groups is 5. The molecule has 0 amide bonds. The lowest BCUT2D eigenvalue weighted by Gasteiger charge is -2.53. The Kier molecular flexibility index (Phi) is 9.04. The summed E-state index contributed by atoms with van der Waals surface area (Å²) in [4.78, 5) is 69.5. The standard InChI is InChI=1S/C34H34BrNO15/c1-10-18(32(45)49-5)25(41)21-14(22(10)35)8-17(38)34(50-6)30(44)20-13(29(43)33(21,34)46)7-12-19(24(20)40)16(37)9-15(23(12)39)36-31-28(48-4)26(42)27(47-3)11(2)51-31/h7,9,11,17,26-28,31,36,38,40-42,46H,8H2,1-6H3/t11-,17+,26+,27-,28+,31-,33-,34+/m0/s1. The summed E-state index contributed by atoms with van der Waals surface area (Å²) < 4.78 is 27.0. The number of aliphatic hydroxyl groups excluding tert-OH is 2. The minimum atomic E-state index is -3.27. The van der Waals surface area contributed by atoms with Crippen molar-refractivity contribution in [3.63, 3.8) is 0 Å². The zero-order valence-electron chi connectivity index (χ0n) is 28.0. The number of nitrogens with one attached hydrogen (secondary N) is 1. The van der Waals surface area contributed by atoms with Crippen LogP contribution in [0.15, 0.2) is 22.3 Å². The minimum absolute atomic E-state index is 0.0416. The predicted molar refractivity (Wildman–Crippen MR) is 174 cm³/mol. The Morgan fingerprint density at radius 3 is 2.22 bits per heavy atom. The van der Waals surface area contributed by atoms with Gasteiger partial charge in [-0.25, -0.2) is 4.79 Å². The van der Waals surface area contributed by atoms with Gasteiger partial charge in [0, 0.05) is 55.0 Å². The summed E-state index contributed by atoms with van der Waals surface area (Å²) in [5, 5.41) is 60.6. The van der Waals surface area contributed by atoms with Crippen LogP contribution in [-0.4, -0.2) is 125 Å². The summed E-state index contributed by atoms with van der Waals surface area (Å²) in [5.41, 5.74) is -10.4. The van der Waals surface area contributed by atoms with Gasteiger partial charge < -0.3 is 54.5 Å². The molecule has 2 aromatic rings. The number of methoxy groups -OCH3 is 4. The van der Waals surface area contributed by atoms with Crippen molar-refractivity contribution in [2.45, 2.75) is 68.2 Å². The highest BCUT2D eigenvalue weighted by Gasteiger charge is 2.73. The first kappa shape index (κ1) is 36.7. The fourth-order valence-electron chi connectivity index (χ4n) is 7.86. The maximum Gasteiger partial charge on any atom is 0.341 e. The fourth-order valence-corrected chi connectivity index (χ4v) is 8.42. The Balaban J connectivity index is 1.53. The molecule has 8 atom stereocenters. The number of ether oxygens (including phenoxy) is 5. The first-order valence-corrected chi connectivity index (χ1v) is 16.3. The number of allylic oxidation sites excluding steroid dienone is 2. The quantitative estimate of drug-likeness (QED) is 0.219. The summed E-state index contributed by atoms with van der Waals surface area (Å²) in [6, 6.07) is 0.840. The van der Waals surface area contributed by atoms with Crippen molar-refractivity contribution in [3.05, 3.63) is 66.8 Å². The summed E-state index contributed by atoms with van der Waals surface area (Å²) in [5.74, 6) is -7.77. The number of Topliss-reactive ketones (excluding diaryl/α,β-unsaturated/α-hetero) is 3. The van der Waals surface area contributed by atoms with E-state index >= 15 is 0 Å². The van der Waals surface area contributed by atoms with Crippen molar-refractivity contribution in [3.8, 4) is 11.5 Å². The Morgan fingerprint density at radius 2 is 1.63 bits per heavy atom. The predicted octanol–water partition coefficient (Wildman–Crippen LogP) is 0.513. The number of halogens is 1. The van der Waals surface area contributed by atoms with Gasteiger partial charge in [-0.15, -0.1) is 0 Å². The van der Waals surface area contributed by atoms with Crippen LogP contribution in [0.25, 0.3) is 0 Å². The van der Waals surface area contributed by atoms with Gasteiger partial charge in [-0.05, 0) is 31.0 Å². The third kappa shape index (κ3) is 4.66. The minimum Gasteiger partial charge on any atom is -0.507 e. The maximum atomic E-state index is 14.7. The Morgan fingerprint density at radius 1 is 0.980 bits per heavy atom. The van der Waals surface area contributed by atoms with Crippen LogP contribution in [0.2, 0.25) is 0 Å². The van der Waals surface area contributed by atoms with Crippen LogP contribution in [0, 0.1) is 6.92 Å². The highest BCUT2D eigenvalue weighted by atomic mass is 79.9. The lowest BCUT2D eigenvalue weighted by Crippen LogP contribution is -2.73. The third-order valence-electron chi connectivity index (χ3n) is 10.3. The second-order valence-electron chi connectivity index (χ2n) is 12.7. The zero-order valence-corrected chi connectivity index (χ0v) is 29.6. The van der Waals surface area contributed by atoms with Gasteiger partial charge in [0.05, 0.1) is 36.1 Å². The van der Waals surface area contributed by atoms with Crippen LogP contribution < -0.4 is 5.32 Å². The number of fused-ring (bicyclic) bond motifs is 5. The number of hydrogen-bond acceptors (Lipinski definition) is 16. The number of esters is 1. The van der Waals surface area contributed by atoms with Gasteiger partial charge in [0.25, 0.3) is 0 Å². The molecule has 1 fully saturated rings. The Bertz CT molecular complexity index is 1970. The van der Waals surface area contributed by atoms with E-state index in [1.165, 1.54) is 21.1 Å². The number of aliphatic hydroxyl groups is 3. The molecule has 51 heavy (non-hydrogen) atoms. The second-order valence-corrected chi connectivity index (χ2v) is 13.4. The number of aromatic hydroxyl groups is 2. The van der Waals surface area contributed by atoms with Crippen LogP contribution in [0.5, 0.6) is 11.5 Å². The Hall–Kier alpha value is -4.07. The number of benzene rings is 2. The van der Waals surface area contributed by atoms with Gasteiger partial charge in [0.2, 0.25) is 17.3 Å². The second kappa shape index (κ2) is 12.6. The molecule has 1 heterocycles. The summed E-state index contributed by atoms with van der Waals surface area (Å²) in [7, 11) is 4.61. The Labute approximate surface area is 298 Å². The number of carbonyl (C=O) groups excluding carboxylic acids is 5. The first-order valence-electron chi connectivity index (χ1n) is 15.5. The first-order chi connectivity index (χ1) is 24.0. The summed E-state index contributed by atoms with van der Waals surface area (Å²) >= 11 is 3.31. The molecular weight excluding hydrogens is 742 g/mol. The molecule has 0 spiro atoms. The van der Waals surface area contributed by atoms with Gasteiger partial charge >= 0.3 is 5.97 Å². The molecule has 0 bridgehead atoms. The van der Waals surface area contributed by atoms with E-state index in [4.69, 9.17) is 23.7 Å². The fraction of sp³-hybridized carbons (Fsp3) is 0.441. The number of ketones is 4. The molecule has 16 nitrogen and oxygen atoms in total. The molecule has 6 rings (SSSR count). The SMILES string of the molecule is COC(=O)c1c(C)c(Br)c2c(c1O)[C@]1(O)C(=O)c3cc4c(c(O)c3C(=O)[C@]1(OC)[C@H](O)C2)C(=O)C=C(N[C@H]1O[C@@H](C)[C@H](OC)[C@@H](O)[C@H]1OC)C4=O. The normalized spacial score (nSPS) is 31.3. The molecule has 0 aromatic heterocycles. The van der Waals surface area contributed by atoms with Crippen molar-refractivity contribution in [1.29, 1.82) is 0 Å². The molecule has 0 saturated carbocycles. The average molecular weight is 777 g/mol. The van der Waals surface area contributed by atoms with Crippen LogP contribution in [0.1, 0.15) is 75.4 Å². The molecule has 3 aliphatic carbocycles. The molecule has 17 heteroatoms. The van der Waals surface area contributed by atoms with E-state index < -0.39 is 128 Å². The summed E-state index contributed by atoms with van der Waals surface area (Å²) in [6.45, 7) is 3.05. The smallest absolute Gasteiger partial charge is 0.341 e. The van der Waals surface area contributed by atoms with Crippen molar-refractivity contribution in [2.75, 3.05) is 28.4 Å². The molecule has 6 N–H and O–H groups in total. The van der Waals surface area contributed by atoms with Crippen LogP contribution in [0.4, 0.5) is 0 Å². The maximum absolute atomic E-state index is 14.7. The van der Waals surface area contributed by atoms with Crippen molar-refractivity contribution < 1.29 is 73.2 Å². The topological polar surface area (TPSA) is 245 Å². The van der Waals surface area contributed by atoms with Gasteiger partial charge in [-0.1, -0.05) is 15.9 Å². The van der Waals surface area contributed by atoms with E-state index in [1.807, 2.05) is 0 Å². The van der Waals surface area contributed by atoms with Crippen LogP contribution >= 0.6 is 15.9 Å². The molecular formula is C34H34BrNO15. The largest absolute Gasteiger partial charge is 0.507 e. The van der Waals surface area contributed by atoms with Gasteiger partial charge in [0.15, 0.2) is 23.2 Å². The lowest BCUT2D eigenvalue weighted by atomic mass is 9.56. The van der Waals surface area contributed by atoms with E-state index in [9.17, 15) is 49.5 Å². The van der Waals surface area contributed by atoms with E-state index in [2.05, 4.69) is 21.2 Å². The molecule has 4 aliphatic rings. The van der Waals surface area contributed by atoms with Gasteiger partial charge in [-0.2, -0.15) is 0 Å². The third-order valence-corrected chi connectivity index (χ3v) is 11.4. The van der Waals surface area contributed by atoms with Crippen LogP contribution in [-0.2, 0) is 35.7 Å². The van der Waals surface area contributed by atoms with Crippen molar-refractivity contribution in [1.82, 2.24) is 5.32 Å².